The SMILES string of the molecule is NC[C@@H]1OB(O)c2c3c(cc(Br)c21)OCCO3. The van der Waals surface area contributed by atoms with Crippen molar-refractivity contribution < 1.29 is 19.2 Å². The van der Waals surface area contributed by atoms with Crippen LogP contribution in [0.5, 0.6) is 11.5 Å². The maximum atomic E-state index is 9.93. The maximum absolute atomic E-state index is 9.93. The van der Waals surface area contributed by atoms with Crippen molar-refractivity contribution in [2.24, 2.45) is 5.73 Å². The minimum atomic E-state index is -1.01. The smallest absolute Gasteiger partial charge is 0.486 e. The van der Waals surface area contributed by atoms with Crippen LogP contribution >= 0.6 is 15.9 Å². The molecular formula is C10H11BBrNO4. The van der Waals surface area contributed by atoms with Crippen molar-refractivity contribution in [1.29, 1.82) is 0 Å². The van der Waals surface area contributed by atoms with E-state index in [0.29, 0.717) is 36.7 Å². The van der Waals surface area contributed by atoms with Gasteiger partial charge in [-0.25, -0.2) is 0 Å². The molecule has 0 saturated carbocycles. The molecule has 1 atom stereocenters. The molecule has 0 spiro atoms. The van der Waals surface area contributed by atoms with E-state index in [1.807, 2.05) is 6.07 Å². The number of rotatable bonds is 1. The van der Waals surface area contributed by atoms with Crippen molar-refractivity contribution in [3.63, 3.8) is 0 Å². The minimum absolute atomic E-state index is 0.308. The van der Waals surface area contributed by atoms with Crippen LogP contribution in [0.25, 0.3) is 0 Å². The predicted octanol–water partition coefficient (Wildman–Crippen LogP) is -0.0622. The molecule has 1 aromatic rings. The first kappa shape index (κ1) is 11.3. The average Bonchev–Trinajstić information content (AvgIpc) is 2.68. The van der Waals surface area contributed by atoms with Gasteiger partial charge in [-0.15, -0.1) is 0 Å². The molecule has 2 heterocycles. The van der Waals surface area contributed by atoms with Gasteiger partial charge in [0.05, 0.1) is 6.10 Å². The Morgan fingerprint density at radius 3 is 3.00 bits per heavy atom. The number of benzene rings is 1. The first-order chi connectivity index (χ1) is 8.22. The van der Waals surface area contributed by atoms with Crippen molar-refractivity contribution in [2.45, 2.75) is 6.10 Å². The second-order valence-corrected chi connectivity index (χ2v) is 4.78. The summed E-state index contributed by atoms with van der Waals surface area (Å²) in [5.74, 6) is 1.19. The molecule has 7 heteroatoms. The largest absolute Gasteiger partial charge is 0.496 e. The number of hydrogen-bond donors (Lipinski definition) is 2. The molecule has 2 aliphatic rings. The van der Waals surface area contributed by atoms with Crippen LogP contribution < -0.4 is 20.7 Å². The molecule has 0 amide bonds. The quantitative estimate of drug-likeness (QED) is 0.711. The second-order valence-electron chi connectivity index (χ2n) is 3.92. The highest BCUT2D eigenvalue weighted by molar-refractivity contribution is 9.10. The number of ether oxygens (including phenoxy) is 2. The van der Waals surface area contributed by atoms with Crippen molar-refractivity contribution in [1.82, 2.24) is 0 Å². The molecule has 0 fully saturated rings. The van der Waals surface area contributed by atoms with E-state index < -0.39 is 7.12 Å². The summed E-state index contributed by atoms with van der Waals surface area (Å²) in [6, 6.07) is 1.83. The molecule has 1 aromatic carbocycles. The van der Waals surface area contributed by atoms with Crippen molar-refractivity contribution in [3.05, 3.63) is 16.1 Å². The van der Waals surface area contributed by atoms with Crippen LogP contribution in [0.3, 0.4) is 0 Å². The Hall–Kier alpha value is -0.755. The van der Waals surface area contributed by atoms with Gasteiger partial charge in [0, 0.05) is 16.5 Å². The molecule has 3 rings (SSSR count). The second kappa shape index (κ2) is 4.17. The molecule has 3 N–H and O–H groups in total. The molecule has 0 aliphatic carbocycles. The Morgan fingerprint density at radius 1 is 1.47 bits per heavy atom. The van der Waals surface area contributed by atoms with Gasteiger partial charge in [-0.2, -0.15) is 0 Å². The summed E-state index contributed by atoms with van der Waals surface area (Å²) in [5, 5.41) is 9.93. The summed E-state index contributed by atoms with van der Waals surface area (Å²) >= 11 is 3.45. The Labute approximate surface area is 107 Å². The molecule has 0 bridgehead atoms. The zero-order chi connectivity index (χ0) is 12.0. The average molecular weight is 300 g/mol. The number of hydrogen-bond acceptors (Lipinski definition) is 5. The molecular weight excluding hydrogens is 289 g/mol. The fraction of sp³-hybridized carbons (Fsp3) is 0.400. The normalized spacial score (nSPS) is 21.6. The minimum Gasteiger partial charge on any atom is -0.486 e. The first-order valence-corrected chi connectivity index (χ1v) is 6.17. The van der Waals surface area contributed by atoms with Crippen molar-refractivity contribution >= 4 is 28.5 Å². The Balaban J connectivity index is 2.20. The van der Waals surface area contributed by atoms with E-state index in [-0.39, 0.29) is 6.10 Å². The number of halogens is 1. The van der Waals surface area contributed by atoms with E-state index in [1.54, 1.807) is 0 Å². The van der Waals surface area contributed by atoms with E-state index in [4.69, 9.17) is 19.9 Å². The summed E-state index contributed by atoms with van der Waals surface area (Å²) in [5.41, 5.74) is 7.11. The van der Waals surface area contributed by atoms with Gasteiger partial charge in [0.25, 0.3) is 0 Å². The van der Waals surface area contributed by atoms with Gasteiger partial charge < -0.3 is 24.9 Å². The highest BCUT2D eigenvalue weighted by Gasteiger charge is 2.41. The summed E-state index contributed by atoms with van der Waals surface area (Å²) in [6.07, 6.45) is -0.315. The van der Waals surface area contributed by atoms with E-state index >= 15 is 0 Å². The third-order valence-corrected chi connectivity index (χ3v) is 3.59. The molecule has 2 aliphatic heterocycles. The van der Waals surface area contributed by atoms with Gasteiger partial charge in [0.15, 0.2) is 11.5 Å². The van der Waals surface area contributed by atoms with Gasteiger partial charge >= 0.3 is 7.12 Å². The zero-order valence-electron chi connectivity index (χ0n) is 8.98. The van der Waals surface area contributed by atoms with Crippen LogP contribution in [0, 0.1) is 0 Å². The van der Waals surface area contributed by atoms with E-state index in [9.17, 15) is 5.02 Å². The Kier molecular flexibility index (Phi) is 2.78. The van der Waals surface area contributed by atoms with Crippen LogP contribution in [0.1, 0.15) is 11.7 Å². The first-order valence-electron chi connectivity index (χ1n) is 5.38. The van der Waals surface area contributed by atoms with Gasteiger partial charge in [0.2, 0.25) is 0 Å². The molecule has 17 heavy (non-hydrogen) atoms. The molecule has 0 unspecified atom stereocenters. The lowest BCUT2D eigenvalue weighted by Gasteiger charge is -2.22. The van der Waals surface area contributed by atoms with Crippen LogP contribution in [0.4, 0.5) is 0 Å². The fourth-order valence-corrected chi connectivity index (χ4v) is 2.91. The van der Waals surface area contributed by atoms with Crippen LogP contribution in [0.2, 0.25) is 0 Å². The fourth-order valence-electron chi connectivity index (χ4n) is 2.23. The van der Waals surface area contributed by atoms with Crippen LogP contribution in [0.15, 0.2) is 10.5 Å². The number of fused-ring (bicyclic) bond motifs is 3. The molecule has 0 radical (unpaired) electrons. The van der Waals surface area contributed by atoms with Crippen LogP contribution in [-0.4, -0.2) is 31.9 Å². The van der Waals surface area contributed by atoms with E-state index in [0.717, 1.165) is 10.0 Å². The van der Waals surface area contributed by atoms with Gasteiger partial charge in [-0.3, -0.25) is 0 Å². The lowest BCUT2D eigenvalue weighted by Crippen LogP contribution is -2.32. The maximum Gasteiger partial charge on any atom is 0.496 e. The molecule has 5 nitrogen and oxygen atoms in total. The van der Waals surface area contributed by atoms with E-state index in [2.05, 4.69) is 15.9 Å². The van der Waals surface area contributed by atoms with Crippen molar-refractivity contribution in [2.75, 3.05) is 19.8 Å². The van der Waals surface area contributed by atoms with Crippen LogP contribution in [-0.2, 0) is 4.65 Å². The number of nitrogens with two attached hydrogens (primary N) is 1. The van der Waals surface area contributed by atoms with Crippen molar-refractivity contribution in [3.8, 4) is 11.5 Å². The highest BCUT2D eigenvalue weighted by atomic mass is 79.9. The summed E-state index contributed by atoms with van der Waals surface area (Å²) < 4.78 is 17.3. The third-order valence-electron chi connectivity index (χ3n) is 2.94. The zero-order valence-corrected chi connectivity index (χ0v) is 10.6. The monoisotopic (exact) mass is 299 g/mol. The topological polar surface area (TPSA) is 73.9 Å². The standard InChI is InChI=1S/C10H11BBrNO4/c12-5-3-6-10(16-2-1-15-6)9-8(5)7(4-13)17-11(9)14/h3,7,14H,1-2,4,13H2/t7-/m0/s1. The Morgan fingerprint density at radius 2 is 2.24 bits per heavy atom. The van der Waals surface area contributed by atoms with Gasteiger partial charge in [0.1, 0.15) is 13.2 Å². The molecule has 90 valence electrons. The highest BCUT2D eigenvalue weighted by Crippen LogP contribution is 2.40. The third kappa shape index (κ3) is 1.65. The van der Waals surface area contributed by atoms with Gasteiger partial charge in [-0.1, -0.05) is 15.9 Å². The Bertz CT molecular complexity index is 470. The molecule has 0 aromatic heterocycles. The molecule has 0 saturated heterocycles. The lowest BCUT2D eigenvalue weighted by atomic mass is 9.78. The lowest BCUT2D eigenvalue weighted by molar-refractivity contribution is 0.172. The van der Waals surface area contributed by atoms with E-state index in [1.165, 1.54) is 0 Å². The summed E-state index contributed by atoms with van der Waals surface area (Å²) in [6.45, 7) is 1.29. The predicted molar refractivity (Wildman–Crippen MR) is 65.6 cm³/mol. The summed E-state index contributed by atoms with van der Waals surface area (Å²) in [7, 11) is -1.01. The summed E-state index contributed by atoms with van der Waals surface area (Å²) in [4.78, 5) is 0. The van der Waals surface area contributed by atoms with Gasteiger partial charge in [-0.05, 0) is 11.6 Å².